The summed E-state index contributed by atoms with van der Waals surface area (Å²) in [5.74, 6) is -0.0263. The van der Waals surface area contributed by atoms with Crippen molar-refractivity contribution in [1.29, 1.82) is 5.26 Å². The predicted molar refractivity (Wildman–Crippen MR) is 53.2 cm³/mol. The van der Waals surface area contributed by atoms with Crippen LogP contribution in [-0.4, -0.2) is 22.8 Å². The molecule has 2 N–H and O–H groups in total. The minimum atomic E-state index is -0.790. The summed E-state index contributed by atoms with van der Waals surface area (Å²) in [6.45, 7) is 9.84. The maximum Gasteiger partial charge on any atom is 0.0767 e. The van der Waals surface area contributed by atoms with Crippen molar-refractivity contribution < 1.29 is 5.11 Å². The van der Waals surface area contributed by atoms with Crippen LogP contribution in [0.2, 0.25) is 0 Å². The van der Waals surface area contributed by atoms with Gasteiger partial charge in [-0.2, -0.15) is 5.26 Å². The second-order valence-corrected chi connectivity index (χ2v) is 4.60. The van der Waals surface area contributed by atoms with Gasteiger partial charge in [-0.25, -0.2) is 0 Å². The lowest BCUT2D eigenvalue weighted by atomic mass is 9.85. The molecule has 0 saturated carbocycles. The highest BCUT2D eigenvalue weighted by molar-refractivity contribution is 4.95. The van der Waals surface area contributed by atoms with Crippen LogP contribution in [0.5, 0.6) is 0 Å². The molecule has 3 heteroatoms. The molecule has 0 aromatic carbocycles. The molecule has 0 rings (SSSR count). The molecular formula is C10H20N2O. The van der Waals surface area contributed by atoms with E-state index in [4.69, 9.17) is 5.26 Å². The van der Waals surface area contributed by atoms with E-state index in [1.165, 1.54) is 0 Å². The second-order valence-electron chi connectivity index (χ2n) is 4.60. The van der Waals surface area contributed by atoms with Gasteiger partial charge in [-0.1, -0.05) is 0 Å². The van der Waals surface area contributed by atoms with Crippen molar-refractivity contribution in [1.82, 2.24) is 5.32 Å². The zero-order valence-corrected chi connectivity index (χ0v) is 9.18. The Morgan fingerprint density at radius 1 is 1.38 bits per heavy atom. The van der Waals surface area contributed by atoms with Gasteiger partial charge in [0.2, 0.25) is 0 Å². The number of nitrogens with zero attached hydrogens (tertiary/aromatic N) is 1. The van der Waals surface area contributed by atoms with Gasteiger partial charge >= 0.3 is 0 Å². The molecule has 0 aliphatic rings. The molecule has 0 saturated heterocycles. The maximum absolute atomic E-state index is 9.79. The van der Waals surface area contributed by atoms with E-state index in [9.17, 15) is 5.11 Å². The van der Waals surface area contributed by atoms with E-state index in [1.807, 2.05) is 20.8 Å². The van der Waals surface area contributed by atoms with Gasteiger partial charge in [-0.3, -0.25) is 0 Å². The molecule has 0 aliphatic carbocycles. The summed E-state index contributed by atoms with van der Waals surface area (Å²) < 4.78 is 0. The molecule has 1 unspecified atom stereocenters. The van der Waals surface area contributed by atoms with Gasteiger partial charge in [-0.15, -0.1) is 0 Å². The predicted octanol–water partition coefficient (Wildman–Crippen LogP) is 1.29. The molecule has 13 heavy (non-hydrogen) atoms. The average Bonchev–Trinajstić information content (AvgIpc) is 1.98. The first-order valence-electron chi connectivity index (χ1n) is 4.58. The fourth-order valence-electron chi connectivity index (χ4n) is 0.670. The minimum Gasteiger partial charge on any atom is -0.389 e. The topological polar surface area (TPSA) is 56.0 Å². The summed E-state index contributed by atoms with van der Waals surface area (Å²) in [4.78, 5) is 0. The summed E-state index contributed by atoms with van der Waals surface area (Å²) in [6, 6.07) is 2.14. The monoisotopic (exact) mass is 184 g/mol. The van der Waals surface area contributed by atoms with E-state index in [-0.39, 0.29) is 11.5 Å². The van der Waals surface area contributed by atoms with E-state index in [0.29, 0.717) is 6.54 Å². The van der Waals surface area contributed by atoms with Crippen LogP contribution >= 0.6 is 0 Å². The van der Waals surface area contributed by atoms with Gasteiger partial charge in [0.25, 0.3) is 0 Å². The minimum absolute atomic E-state index is 0.0263. The third-order valence-electron chi connectivity index (χ3n) is 2.60. The Kier molecular flexibility index (Phi) is 3.89. The fraction of sp³-hybridized carbons (Fsp3) is 0.900. The first-order valence-corrected chi connectivity index (χ1v) is 4.58. The molecule has 0 spiro atoms. The Morgan fingerprint density at radius 3 is 2.15 bits per heavy atom. The molecule has 0 amide bonds. The highest BCUT2D eigenvalue weighted by Gasteiger charge is 2.34. The van der Waals surface area contributed by atoms with Crippen LogP contribution in [0, 0.1) is 17.2 Å². The van der Waals surface area contributed by atoms with Crippen LogP contribution in [0.15, 0.2) is 0 Å². The zero-order valence-electron chi connectivity index (χ0n) is 9.18. The standard InChI is InChI=1S/C10H20N2O/c1-8(6-11)7-12-9(2,3)10(4,5)13/h8,12-13H,7H2,1-5H3. The zero-order chi connectivity index (χ0) is 10.7. The van der Waals surface area contributed by atoms with E-state index in [0.717, 1.165) is 0 Å². The van der Waals surface area contributed by atoms with Crippen LogP contribution in [-0.2, 0) is 0 Å². The smallest absolute Gasteiger partial charge is 0.0767 e. The maximum atomic E-state index is 9.79. The van der Waals surface area contributed by atoms with Crippen LogP contribution in [0.4, 0.5) is 0 Å². The van der Waals surface area contributed by atoms with E-state index in [2.05, 4.69) is 11.4 Å². The van der Waals surface area contributed by atoms with Crippen LogP contribution in [0.25, 0.3) is 0 Å². The molecule has 0 fully saturated rings. The van der Waals surface area contributed by atoms with E-state index in [1.54, 1.807) is 13.8 Å². The van der Waals surface area contributed by atoms with Crippen LogP contribution in [0.1, 0.15) is 34.6 Å². The number of hydrogen-bond acceptors (Lipinski definition) is 3. The highest BCUT2D eigenvalue weighted by Crippen LogP contribution is 2.20. The lowest BCUT2D eigenvalue weighted by Crippen LogP contribution is -2.56. The molecular weight excluding hydrogens is 164 g/mol. The first-order chi connectivity index (χ1) is 5.70. The van der Waals surface area contributed by atoms with Gasteiger partial charge < -0.3 is 10.4 Å². The SMILES string of the molecule is CC(C#N)CNC(C)(C)C(C)(C)O. The molecule has 0 aromatic heterocycles. The molecule has 0 heterocycles. The van der Waals surface area contributed by atoms with E-state index >= 15 is 0 Å². The lowest BCUT2D eigenvalue weighted by Gasteiger charge is -2.38. The summed E-state index contributed by atoms with van der Waals surface area (Å²) in [5.41, 5.74) is -1.17. The summed E-state index contributed by atoms with van der Waals surface area (Å²) >= 11 is 0. The summed E-state index contributed by atoms with van der Waals surface area (Å²) in [5, 5.41) is 21.5. The number of aliphatic hydroxyl groups is 1. The molecule has 0 bridgehead atoms. The third-order valence-corrected chi connectivity index (χ3v) is 2.60. The van der Waals surface area contributed by atoms with Crippen molar-refractivity contribution in [2.24, 2.45) is 5.92 Å². The van der Waals surface area contributed by atoms with Crippen molar-refractivity contribution in [3.63, 3.8) is 0 Å². The summed E-state index contributed by atoms with van der Waals surface area (Å²) in [7, 11) is 0. The normalized spacial score (nSPS) is 15.2. The Labute approximate surface area is 80.8 Å². The Morgan fingerprint density at radius 2 is 1.85 bits per heavy atom. The lowest BCUT2D eigenvalue weighted by molar-refractivity contribution is -0.00507. The average molecular weight is 184 g/mol. The number of nitriles is 1. The molecule has 76 valence electrons. The van der Waals surface area contributed by atoms with Crippen molar-refractivity contribution >= 4 is 0 Å². The third kappa shape index (κ3) is 3.75. The summed E-state index contributed by atoms with van der Waals surface area (Å²) in [6.07, 6.45) is 0. The van der Waals surface area contributed by atoms with Gasteiger partial charge in [0.05, 0.1) is 17.6 Å². The fourth-order valence-corrected chi connectivity index (χ4v) is 0.670. The van der Waals surface area contributed by atoms with E-state index < -0.39 is 5.60 Å². The van der Waals surface area contributed by atoms with Gasteiger partial charge in [-0.05, 0) is 34.6 Å². The van der Waals surface area contributed by atoms with Crippen molar-refractivity contribution in [3.05, 3.63) is 0 Å². The Balaban J connectivity index is 4.14. The molecule has 3 nitrogen and oxygen atoms in total. The molecule has 1 atom stereocenters. The second kappa shape index (κ2) is 4.08. The quantitative estimate of drug-likeness (QED) is 0.692. The number of hydrogen-bond donors (Lipinski definition) is 2. The number of rotatable bonds is 4. The first kappa shape index (κ1) is 12.4. The molecule has 0 radical (unpaired) electrons. The van der Waals surface area contributed by atoms with Crippen molar-refractivity contribution in [2.45, 2.75) is 45.8 Å². The molecule has 0 aromatic rings. The van der Waals surface area contributed by atoms with Crippen molar-refractivity contribution in [2.75, 3.05) is 6.54 Å². The number of nitrogens with one attached hydrogen (secondary N) is 1. The molecule has 0 aliphatic heterocycles. The van der Waals surface area contributed by atoms with Crippen LogP contribution in [0.3, 0.4) is 0 Å². The van der Waals surface area contributed by atoms with Gasteiger partial charge in [0, 0.05) is 12.1 Å². The van der Waals surface area contributed by atoms with Crippen molar-refractivity contribution in [3.8, 4) is 6.07 Å². The van der Waals surface area contributed by atoms with Crippen LogP contribution < -0.4 is 5.32 Å². The Bertz CT molecular complexity index is 198. The highest BCUT2D eigenvalue weighted by atomic mass is 16.3. The Hall–Kier alpha value is -0.590. The largest absolute Gasteiger partial charge is 0.389 e. The van der Waals surface area contributed by atoms with Gasteiger partial charge in [0.1, 0.15) is 0 Å². The van der Waals surface area contributed by atoms with Gasteiger partial charge in [0.15, 0.2) is 0 Å².